The van der Waals surface area contributed by atoms with Gasteiger partial charge in [0.1, 0.15) is 24.2 Å². The topological polar surface area (TPSA) is 81.7 Å². The Morgan fingerprint density at radius 2 is 1.88 bits per heavy atom. The number of ether oxygens (including phenoxy) is 5. The number of hydrogen-bond donors (Lipinski definition) is 1. The van der Waals surface area contributed by atoms with Crippen LogP contribution in [-0.4, -0.2) is 95.8 Å². The van der Waals surface area contributed by atoms with Gasteiger partial charge in [-0.2, -0.15) is 0 Å². The fourth-order valence-corrected chi connectivity index (χ4v) is 6.84. The fourth-order valence-electron chi connectivity index (χ4n) is 6.84. The average Bonchev–Trinajstić information content (AvgIpc) is 3.53. The predicted octanol–water partition coefficient (Wildman–Crippen LogP) is 3.99. The summed E-state index contributed by atoms with van der Waals surface area (Å²) in [4.78, 5) is 17.3. The van der Waals surface area contributed by atoms with Crippen LogP contribution in [0.3, 0.4) is 0 Å². The van der Waals surface area contributed by atoms with Crippen LogP contribution in [0.15, 0.2) is 42.5 Å². The molecular weight excluding hydrogens is 546 g/mol. The SMILES string of the molecule is COCCCN1CCOc2ccc(CO[C@H]3CNCC[C@@H]3c3ccc(O[C@H]4CCN(C(=O)C5CCOCC5)C4)cc3)cc21. The highest BCUT2D eigenvalue weighted by molar-refractivity contribution is 5.79. The molecule has 0 spiro atoms. The quantitative estimate of drug-likeness (QED) is 0.392. The second-order valence-electron chi connectivity index (χ2n) is 12.2. The van der Waals surface area contributed by atoms with Gasteiger partial charge in [0.05, 0.1) is 31.5 Å². The molecule has 9 nitrogen and oxygen atoms in total. The van der Waals surface area contributed by atoms with Gasteiger partial charge in [-0.25, -0.2) is 0 Å². The monoisotopic (exact) mass is 593 g/mol. The Balaban J connectivity index is 1.02. The molecule has 4 heterocycles. The number of fused-ring (bicyclic) bond motifs is 1. The number of methoxy groups -OCH3 is 1. The van der Waals surface area contributed by atoms with E-state index in [0.29, 0.717) is 38.9 Å². The van der Waals surface area contributed by atoms with Crippen molar-refractivity contribution in [3.05, 3.63) is 53.6 Å². The van der Waals surface area contributed by atoms with Gasteiger partial charge in [-0.1, -0.05) is 18.2 Å². The second kappa shape index (κ2) is 14.8. The van der Waals surface area contributed by atoms with Crippen LogP contribution in [0, 0.1) is 5.92 Å². The molecule has 2 aromatic carbocycles. The molecule has 0 aliphatic carbocycles. The lowest BCUT2D eigenvalue weighted by atomic mass is 9.87. The van der Waals surface area contributed by atoms with E-state index in [9.17, 15) is 4.79 Å². The van der Waals surface area contributed by atoms with Gasteiger partial charge in [0, 0.05) is 64.8 Å². The van der Waals surface area contributed by atoms with E-state index in [4.69, 9.17) is 23.7 Å². The maximum atomic E-state index is 12.9. The highest BCUT2D eigenvalue weighted by atomic mass is 16.5. The van der Waals surface area contributed by atoms with Crippen LogP contribution in [0.2, 0.25) is 0 Å². The van der Waals surface area contributed by atoms with Crippen molar-refractivity contribution in [2.24, 2.45) is 5.92 Å². The smallest absolute Gasteiger partial charge is 0.225 e. The standard InChI is InChI=1S/C34H47N3O6/c1-39-17-2-14-36-16-20-41-32-8-3-25(21-31(32)36)24-42-33-22-35-13-9-30(33)26-4-6-28(7-5-26)43-29-10-15-37(23-29)34(38)27-11-18-40-19-12-27/h3-8,21,27,29-30,33,35H,2,9-20,22-24H2,1H3/t29-,30+,33-/m0/s1. The van der Waals surface area contributed by atoms with Gasteiger partial charge in [-0.05, 0) is 67.6 Å². The number of piperidine rings is 1. The minimum Gasteiger partial charge on any atom is -0.490 e. The number of anilines is 1. The molecule has 0 bridgehead atoms. The molecule has 3 atom stereocenters. The van der Waals surface area contributed by atoms with Crippen LogP contribution in [0.5, 0.6) is 11.5 Å². The van der Waals surface area contributed by atoms with Crippen LogP contribution < -0.4 is 19.7 Å². The zero-order chi connectivity index (χ0) is 29.4. The number of nitrogens with zero attached hydrogens (tertiary/aromatic N) is 2. The highest BCUT2D eigenvalue weighted by Gasteiger charge is 2.33. The Morgan fingerprint density at radius 3 is 2.72 bits per heavy atom. The van der Waals surface area contributed by atoms with E-state index in [1.807, 2.05) is 4.90 Å². The number of carbonyl (C=O) groups is 1. The van der Waals surface area contributed by atoms with E-state index >= 15 is 0 Å². The fraction of sp³-hybridized carbons (Fsp3) is 0.618. The molecule has 4 aliphatic rings. The summed E-state index contributed by atoms with van der Waals surface area (Å²) in [6.07, 6.45) is 4.70. The minimum atomic E-state index is 0.0440. The molecule has 1 amide bonds. The summed E-state index contributed by atoms with van der Waals surface area (Å²) < 4.78 is 29.5. The van der Waals surface area contributed by atoms with E-state index in [2.05, 4.69) is 52.7 Å². The summed E-state index contributed by atoms with van der Waals surface area (Å²) >= 11 is 0. The second-order valence-corrected chi connectivity index (χ2v) is 12.2. The lowest BCUT2D eigenvalue weighted by molar-refractivity contribution is -0.137. The lowest BCUT2D eigenvalue weighted by Gasteiger charge is -2.33. The molecule has 234 valence electrons. The highest BCUT2D eigenvalue weighted by Crippen LogP contribution is 2.34. The molecule has 3 fully saturated rings. The first-order chi connectivity index (χ1) is 21.2. The Labute approximate surface area is 255 Å². The molecule has 9 heteroatoms. The van der Waals surface area contributed by atoms with Crippen molar-refractivity contribution in [1.29, 1.82) is 0 Å². The van der Waals surface area contributed by atoms with Crippen molar-refractivity contribution in [3.63, 3.8) is 0 Å². The Hall–Kier alpha value is -2.85. The number of benzene rings is 2. The average molecular weight is 594 g/mol. The Kier molecular flexibility index (Phi) is 10.4. The van der Waals surface area contributed by atoms with Gasteiger partial charge in [-0.15, -0.1) is 0 Å². The number of hydrogen-bond acceptors (Lipinski definition) is 8. The third-order valence-electron chi connectivity index (χ3n) is 9.29. The van der Waals surface area contributed by atoms with Crippen molar-refractivity contribution in [2.75, 3.05) is 77.7 Å². The number of amides is 1. The summed E-state index contributed by atoms with van der Waals surface area (Å²) in [6, 6.07) is 15.0. The van der Waals surface area contributed by atoms with Crippen molar-refractivity contribution < 1.29 is 28.5 Å². The molecule has 2 aromatic rings. The zero-order valence-corrected chi connectivity index (χ0v) is 25.5. The first kappa shape index (κ1) is 30.2. The minimum absolute atomic E-state index is 0.0440. The van der Waals surface area contributed by atoms with Gasteiger partial charge in [-0.3, -0.25) is 4.79 Å². The lowest BCUT2D eigenvalue weighted by Crippen LogP contribution is -2.41. The van der Waals surface area contributed by atoms with Gasteiger partial charge in [0.25, 0.3) is 0 Å². The van der Waals surface area contributed by atoms with E-state index < -0.39 is 0 Å². The molecule has 43 heavy (non-hydrogen) atoms. The normalized spacial score (nSPS) is 24.4. The summed E-state index contributed by atoms with van der Waals surface area (Å²) in [7, 11) is 1.75. The number of likely N-dealkylation sites (tertiary alicyclic amines) is 1. The van der Waals surface area contributed by atoms with Crippen LogP contribution >= 0.6 is 0 Å². The first-order valence-corrected chi connectivity index (χ1v) is 16.1. The van der Waals surface area contributed by atoms with Gasteiger partial charge >= 0.3 is 0 Å². The molecular formula is C34H47N3O6. The van der Waals surface area contributed by atoms with E-state index in [-0.39, 0.29) is 24.0 Å². The third-order valence-corrected chi connectivity index (χ3v) is 9.29. The van der Waals surface area contributed by atoms with Crippen molar-refractivity contribution >= 4 is 11.6 Å². The van der Waals surface area contributed by atoms with E-state index in [1.54, 1.807) is 7.11 Å². The maximum absolute atomic E-state index is 12.9. The summed E-state index contributed by atoms with van der Waals surface area (Å²) in [6.45, 7) is 8.52. The zero-order valence-electron chi connectivity index (χ0n) is 25.5. The first-order valence-electron chi connectivity index (χ1n) is 16.1. The largest absolute Gasteiger partial charge is 0.490 e. The van der Waals surface area contributed by atoms with Crippen molar-refractivity contribution in [3.8, 4) is 11.5 Å². The van der Waals surface area contributed by atoms with Crippen LogP contribution in [0.25, 0.3) is 0 Å². The number of rotatable bonds is 11. The van der Waals surface area contributed by atoms with Crippen LogP contribution in [-0.2, 0) is 25.6 Å². The molecule has 0 aromatic heterocycles. The number of nitrogens with one attached hydrogen (secondary N) is 1. The van der Waals surface area contributed by atoms with Crippen molar-refractivity contribution in [1.82, 2.24) is 10.2 Å². The molecule has 0 unspecified atom stereocenters. The molecule has 6 rings (SSSR count). The van der Waals surface area contributed by atoms with Gasteiger partial charge < -0.3 is 38.8 Å². The molecule has 3 saturated heterocycles. The van der Waals surface area contributed by atoms with E-state index in [1.165, 1.54) is 5.56 Å². The molecule has 4 aliphatic heterocycles. The Morgan fingerprint density at radius 1 is 1.02 bits per heavy atom. The summed E-state index contributed by atoms with van der Waals surface area (Å²) in [5, 5.41) is 3.52. The molecule has 0 radical (unpaired) electrons. The molecule has 1 N–H and O–H groups in total. The maximum Gasteiger partial charge on any atom is 0.225 e. The van der Waals surface area contributed by atoms with Gasteiger partial charge in [0.15, 0.2) is 0 Å². The predicted molar refractivity (Wildman–Crippen MR) is 165 cm³/mol. The third kappa shape index (κ3) is 7.63. The van der Waals surface area contributed by atoms with Crippen LogP contribution in [0.1, 0.15) is 49.1 Å². The van der Waals surface area contributed by atoms with E-state index in [0.717, 1.165) is 94.2 Å². The summed E-state index contributed by atoms with van der Waals surface area (Å²) in [5.74, 6) is 2.51. The summed E-state index contributed by atoms with van der Waals surface area (Å²) in [5.41, 5.74) is 3.59. The Bertz CT molecular complexity index is 1190. The van der Waals surface area contributed by atoms with Crippen molar-refractivity contribution in [2.45, 2.75) is 56.8 Å². The van der Waals surface area contributed by atoms with Gasteiger partial charge in [0.2, 0.25) is 5.91 Å². The van der Waals surface area contributed by atoms with Crippen LogP contribution in [0.4, 0.5) is 5.69 Å². The molecule has 0 saturated carbocycles. The number of carbonyl (C=O) groups excluding carboxylic acids is 1.